The van der Waals surface area contributed by atoms with Crippen LogP contribution >= 0.6 is 0 Å². The van der Waals surface area contributed by atoms with Gasteiger partial charge in [-0.05, 0) is 25.5 Å². The highest BCUT2D eigenvalue weighted by Crippen LogP contribution is 2.24. The second-order valence-electron chi connectivity index (χ2n) is 5.12. The molecule has 6 heteroatoms. The van der Waals surface area contributed by atoms with E-state index >= 15 is 0 Å². The molecule has 1 unspecified atom stereocenters. The highest BCUT2D eigenvalue weighted by Gasteiger charge is 2.32. The molecule has 0 aliphatic carbocycles. The Kier molecular flexibility index (Phi) is 4.45. The van der Waals surface area contributed by atoms with Gasteiger partial charge in [0.05, 0.1) is 10.6 Å². The third-order valence-corrected chi connectivity index (χ3v) is 5.67. The van der Waals surface area contributed by atoms with E-state index in [0.717, 1.165) is 12.0 Å². The molecule has 5 nitrogen and oxygen atoms in total. The fourth-order valence-electron chi connectivity index (χ4n) is 2.46. The molecule has 0 spiro atoms. The maximum atomic E-state index is 12.6. The van der Waals surface area contributed by atoms with Gasteiger partial charge in [-0.3, -0.25) is 0 Å². The van der Waals surface area contributed by atoms with E-state index in [1.165, 1.54) is 4.31 Å². The van der Waals surface area contributed by atoms with Crippen molar-refractivity contribution in [1.82, 2.24) is 4.31 Å². The normalized spacial score (nSPS) is 23.1. The number of piperidine rings is 1. The van der Waals surface area contributed by atoms with Gasteiger partial charge < -0.3 is 5.21 Å². The number of rotatable bonds is 3. The van der Waals surface area contributed by atoms with Gasteiger partial charge in [0.15, 0.2) is 0 Å². The minimum absolute atomic E-state index is 0.00558. The van der Waals surface area contributed by atoms with Gasteiger partial charge in [0.25, 0.3) is 0 Å². The molecule has 1 N–H and O–H groups in total. The van der Waals surface area contributed by atoms with Crippen LogP contribution in [0.2, 0.25) is 0 Å². The van der Waals surface area contributed by atoms with Crippen LogP contribution in [-0.4, -0.2) is 36.7 Å². The zero-order valence-corrected chi connectivity index (χ0v) is 12.6. The lowest BCUT2D eigenvalue weighted by molar-refractivity contribution is 0.295. The van der Waals surface area contributed by atoms with Crippen LogP contribution < -0.4 is 0 Å². The van der Waals surface area contributed by atoms with Crippen molar-refractivity contribution in [2.24, 2.45) is 11.1 Å². The fraction of sp³-hybridized carbons (Fsp3) is 0.500. The van der Waals surface area contributed by atoms with Crippen molar-refractivity contribution in [3.63, 3.8) is 0 Å². The molecular formula is C14H20N2O3S. The number of aryl methyl sites for hydroxylation is 1. The maximum Gasteiger partial charge on any atom is 0.243 e. The number of hydrogen-bond donors (Lipinski definition) is 1. The molecule has 1 aromatic carbocycles. The highest BCUT2D eigenvalue weighted by atomic mass is 32.2. The first-order valence-electron chi connectivity index (χ1n) is 6.76. The van der Waals surface area contributed by atoms with Gasteiger partial charge in [-0.25, -0.2) is 8.42 Å². The summed E-state index contributed by atoms with van der Waals surface area (Å²) in [6.07, 6.45) is 1.25. The first-order chi connectivity index (χ1) is 9.48. The summed E-state index contributed by atoms with van der Waals surface area (Å²) in [5, 5.41) is 12.2. The van der Waals surface area contributed by atoms with Crippen molar-refractivity contribution in [2.45, 2.75) is 31.6 Å². The summed E-state index contributed by atoms with van der Waals surface area (Å²) < 4.78 is 26.6. The highest BCUT2D eigenvalue weighted by molar-refractivity contribution is 7.89. The zero-order valence-electron chi connectivity index (χ0n) is 11.8. The Balaban J connectivity index is 2.25. The van der Waals surface area contributed by atoms with E-state index in [0.29, 0.717) is 30.1 Å². The summed E-state index contributed by atoms with van der Waals surface area (Å²) in [6, 6.07) is 6.88. The summed E-state index contributed by atoms with van der Waals surface area (Å²) in [4.78, 5) is 0.322. The van der Waals surface area contributed by atoms with Crippen LogP contribution in [0.15, 0.2) is 34.3 Å². The van der Waals surface area contributed by atoms with Gasteiger partial charge in [-0.1, -0.05) is 29.8 Å². The van der Waals surface area contributed by atoms with Crippen molar-refractivity contribution >= 4 is 15.7 Å². The van der Waals surface area contributed by atoms with E-state index in [9.17, 15) is 8.42 Å². The van der Waals surface area contributed by atoms with Gasteiger partial charge >= 0.3 is 0 Å². The molecule has 0 aromatic heterocycles. The van der Waals surface area contributed by atoms with Gasteiger partial charge in [-0.2, -0.15) is 4.31 Å². The summed E-state index contributed by atoms with van der Waals surface area (Å²) >= 11 is 0. The van der Waals surface area contributed by atoms with E-state index in [1.807, 2.05) is 13.8 Å². The van der Waals surface area contributed by atoms with Gasteiger partial charge in [-0.15, -0.1) is 0 Å². The van der Waals surface area contributed by atoms with Gasteiger partial charge in [0.2, 0.25) is 10.0 Å². The molecule has 2 rings (SSSR count). The van der Waals surface area contributed by atoms with E-state index < -0.39 is 10.0 Å². The lowest BCUT2D eigenvalue weighted by Crippen LogP contribution is -2.43. The van der Waals surface area contributed by atoms with E-state index in [-0.39, 0.29) is 5.92 Å². The van der Waals surface area contributed by atoms with Crippen LogP contribution in [0.5, 0.6) is 0 Å². The summed E-state index contributed by atoms with van der Waals surface area (Å²) in [7, 11) is -3.46. The van der Waals surface area contributed by atoms with Crippen LogP contribution in [0.3, 0.4) is 0 Å². The van der Waals surface area contributed by atoms with Crippen molar-refractivity contribution in [2.75, 3.05) is 13.1 Å². The Bertz CT molecular complexity index is 593. The summed E-state index contributed by atoms with van der Waals surface area (Å²) in [5.41, 5.74) is 1.73. The molecule has 1 heterocycles. The smallest absolute Gasteiger partial charge is 0.243 e. The van der Waals surface area contributed by atoms with E-state index in [1.54, 1.807) is 24.3 Å². The van der Waals surface area contributed by atoms with E-state index in [4.69, 9.17) is 5.21 Å². The molecule has 1 saturated heterocycles. The largest absolute Gasteiger partial charge is 0.411 e. The average molecular weight is 296 g/mol. The standard InChI is InChI=1S/C14H20N2O3S/c1-3-12-10-16(9-8-14(12)15-17)20(18,19)13-6-4-11(2)5-7-13/h4-7,12,17H,3,8-10H2,1-2H3/b15-14+. The Hall–Kier alpha value is -1.40. The average Bonchev–Trinajstić information content (AvgIpc) is 2.46. The Morgan fingerprint density at radius 2 is 2.00 bits per heavy atom. The third-order valence-electron chi connectivity index (χ3n) is 3.79. The van der Waals surface area contributed by atoms with E-state index in [2.05, 4.69) is 5.16 Å². The fourth-order valence-corrected chi connectivity index (χ4v) is 3.95. The predicted molar refractivity (Wildman–Crippen MR) is 77.6 cm³/mol. The number of nitrogens with zero attached hydrogens (tertiary/aromatic N) is 2. The predicted octanol–water partition coefficient (Wildman–Crippen LogP) is 2.25. The zero-order chi connectivity index (χ0) is 14.8. The first kappa shape index (κ1) is 15.0. The molecule has 1 fully saturated rings. The molecule has 1 aliphatic heterocycles. The Morgan fingerprint density at radius 1 is 1.35 bits per heavy atom. The molecule has 1 atom stereocenters. The molecular weight excluding hydrogens is 276 g/mol. The van der Waals surface area contributed by atoms with Crippen molar-refractivity contribution in [3.05, 3.63) is 29.8 Å². The molecule has 1 aromatic rings. The lowest BCUT2D eigenvalue weighted by atomic mass is 9.95. The molecule has 0 amide bonds. The molecule has 0 saturated carbocycles. The monoisotopic (exact) mass is 296 g/mol. The quantitative estimate of drug-likeness (QED) is 0.687. The molecule has 20 heavy (non-hydrogen) atoms. The van der Waals surface area contributed by atoms with Crippen molar-refractivity contribution < 1.29 is 13.6 Å². The van der Waals surface area contributed by atoms with Crippen molar-refractivity contribution in [1.29, 1.82) is 0 Å². The van der Waals surface area contributed by atoms with Gasteiger partial charge in [0, 0.05) is 25.4 Å². The third kappa shape index (κ3) is 2.86. The van der Waals surface area contributed by atoms with Gasteiger partial charge in [0.1, 0.15) is 0 Å². The SMILES string of the molecule is CCC1CN(S(=O)(=O)c2ccc(C)cc2)CC/C1=N\O. The molecule has 0 radical (unpaired) electrons. The second kappa shape index (κ2) is 5.93. The lowest BCUT2D eigenvalue weighted by Gasteiger charge is -2.31. The molecule has 1 aliphatic rings. The summed E-state index contributed by atoms with van der Waals surface area (Å²) in [5.74, 6) is -0.00558. The number of benzene rings is 1. The summed E-state index contributed by atoms with van der Waals surface area (Å²) in [6.45, 7) is 4.64. The Labute approximate surface area is 120 Å². The molecule has 110 valence electrons. The van der Waals surface area contributed by atoms with Crippen LogP contribution in [0.25, 0.3) is 0 Å². The maximum absolute atomic E-state index is 12.6. The van der Waals surface area contributed by atoms with Crippen LogP contribution in [0.4, 0.5) is 0 Å². The number of oxime groups is 1. The molecule has 0 bridgehead atoms. The van der Waals surface area contributed by atoms with Crippen LogP contribution in [0, 0.1) is 12.8 Å². The first-order valence-corrected chi connectivity index (χ1v) is 8.20. The topological polar surface area (TPSA) is 70.0 Å². The number of hydrogen-bond acceptors (Lipinski definition) is 4. The van der Waals surface area contributed by atoms with Crippen molar-refractivity contribution in [3.8, 4) is 0 Å². The van der Waals surface area contributed by atoms with Crippen LogP contribution in [-0.2, 0) is 10.0 Å². The van der Waals surface area contributed by atoms with Crippen LogP contribution in [0.1, 0.15) is 25.3 Å². The minimum Gasteiger partial charge on any atom is -0.411 e. The number of sulfonamides is 1. The minimum atomic E-state index is -3.46. The Morgan fingerprint density at radius 3 is 2.55 bits per heavy atom. The second-order valence-corrected chi connectivity index (χ2v) is 7.06.